The minimum Gasteiger partial charge on any atom is -0.505 e. The highest BCUT2D eigenvalue weighted by Gasteiger charge is 2.33. The molecule has 0 saturated carbocycles. The molecule has 1 fully saturated rings. The maximum Gasteiger partial charge on any atom is 0.273 e. The Hall–Kier alpha value is -2.22. The van der Waals surface area contributed by atoms with Gasteiger partial charge in [-0.3, -0.25) is 14.5 Å². The molecule has 7 nitrogen and oxygen atoms in total. The van der Waals surface area contributed by atoms with Crippen LogP contribution in [0.4, 0.5) is 4.39 Å². The second-order valence-electron chi connectivity index (χ2n) is 4.96. The second-order valence-corrected chi connectivity index (χ2v) is 4.96. The number of carbonyl (C=O) groups excluding carboxylic acids is 2. The van der Waals surface area contributed by atoms with Gasteiger partial charge in [-0.2, -0.15) is 0 Å². The normalized spacial score (nSPS) is 22.1. The highest BCUT2D eigenvalue weighted by Crippen LogP contribution is 2.19. The van der Waals surface area contributed by atoms with Crippen molar-refractivity contribution in [1.29, 1.82) is 0 Å². The number of hydrogen-bond donors (Lipinski definition) is 3. The SMILES string of the molecule is NC(=O)CN1C[C@@H](F)C[C@H]1CNC(=O)c1ncccc1O. The summed E-state index contributed by atoms with van der Waals surface area (Å²) in [6, 6.07) is 2.56. The summed E-state index contributed by atoms with van der Waals surface area (Å²) in [5, 5.41) is 12.1. The lowest BCUT2D eigenvalue weighted by molar-refractivity contribution is -0.119. The number of carbonyl (C=O) groups is 2. The zero-order valence-corrected chi connectivity index (χ0v) is 11.3. The lowest BCUT2D eigenvalue weighted by Gasteiger charge is -2.22. The van der Waals surface area contributed by atoms with Crippen molar-refractivity contribution in [2.45, 2.75) is 18.6 Å². The van der Waals surface area contributed by atoms with Crippen LogP contribution < -0.4 is 11.1 Å². The smallest absolute Gasteiger partial charge is 0.273 e. The van der Waals surface area contributed by atoms with E-state index in [1.807, 2.05) is 0 Å². The topological polar surface area (TPSA) is 109 Å². The Kier molecular flexibility index (Phi) is 4.69. The van der Waals surface area contributed by atoms with Gasteiger partial charge in [-0.05, 0) is 18.6 Å². The quantitative estimate of drug-likeness (QED) is 0.673. The molecule has 0 radical (unpaired) electrons. The molecule has 2 heterocycles. The van der Waals surface area contributed by atoms with Crippen molar-refractivity contribution in [3.8, 4) is 5.75 Å². The van der Waals surface area contributed by atoms with Gasteiger partial charge >= 0.3 is 0 Å². The molecular weight excluding hydrogens is 279 g/mol. The van der Waals surface area contributed by atoms with Gasteiger partial charge in [0, 0.05) is 25.3 Å². The van der Waals surface area contributed by atoms with E-state index in [4.69, 9.17) is 5.73 Å². The Morgan fingerprint density at radius 3 is 3.00 bits per heavy atom. The van der Waals surface area contributed by atoms with Crippen LogP contribution in [0.2, 0.25) is 0 Å². The lowest BCUT2D eigenvalue weighted by atomic mass is 10.2. The molecular formula is C13H17FN4O3. The Balaban J connectivity index is 1.94. The van der Waals surface area contributed by atoms with Crippen molar-refractivity contribution in [2.24, 2.45) is 5.73 Å². The number of pyridine rings is 1. The van der Waals surface area contributed by atoms with Gasteiger partial charge in [-0.1, -0.05) is 0 Å². The molecule has 2 atom stereocenters. The molecule has 4 N–H and O–H groups in total. The van der Waals surface area contributed by atoms with Crippen LogP contribution in [0, 0.1) is 0 Å². The summed E-state index contributed by atoms with van der Waals surface area (Å²) < 4.78 is 13.4. The van der Waals surface area contributed by atoms with Gasteiger partial charge in [0.25, 0.3) is 5.91 Å². The van der Waals surface area contributed by atoms with E-state index in [0.29, 0.717) is 0 Å². The third-order valence-electron chi connectivity index (χ3n) is 3.34. The second kappa shape index (κ2) is 6.49. The summed E-state index contributed by atoms with van der Waals surface area (Å²) >= 11 is 0. The average Bonchev–Trinajstić information content (AvgIpc) is 2.75. The van der Waals surface area contributed by atoms with Crippen LogP contribution in [-0.2, 0) is 4.79 Å². The predicted octanol–water partition coefficient (Wildman–Crippen LogP) is -0.585. The van der Waals surface area contributed by atoms with Crippen LogP contribution in [0.3, 0.4) is 0 Å². The number of rotatable bonds is 5. The lowest BCUT2D eigenvalue weighted by Crippen LogP contribution is -2.43. The fourth-order valence-electron chi connectivity index (χ4n) is 2.39. The number of aromatic nitrogens is 1. The summed E-state index contributed by atoms with van der Waals surface area (Å²) in [7, 11) is 0. The molecule has 1 aromatic rings. The van der Waals surface area contributed by atoms with E-state index in [1.54, 1.807) is 4.90 Å². The molecule has 1 aliphatic heterocycles. The molecule has 8 heteroatoms. The molecule has 0 bridgehead atoms. The zero-order chi connectivity index (χ0) is 15.4. The van der Waals surface area contributed by atoms with Crippen molar-refractivity contribution in [3.63, 3.8) is 0 Å². The Morgan fingerprint density at radius 2 is 2.33 bits per heavy atom. The number of halogens is 1. The number of nitrogens with zero attached hydrogens (tertiary/aromatic N) is 2. The fraction of sp³-hybridized carbons (Fsp3) is 0.462. The number of hydrogen-bond acceptors (Lipinski definition) is 5. The summed E-state index contributed by atoms with van der Waals surface area (Å²) in [6.07, 6.45) is 0.567. The number of nitrogens with two attached hydrogens (primary N) is 1. The first kappa shape index (κ1) is 15.2. The monoisotopic (exact) mass is 296 g/mol. The van der Waals surface area contributed by atoms with Gasteiger partial charge in [-0.25, -0.2) is 9.37 Å². The molecule has 0 unspecified atom stereocenters. The van der Waals surface area contributed by atoms with Gasteiger partial charge in [0.1, 0.15) is 11.9 Å². The van der Waals surface area contributed by atoms with E-state index >= 15 is 0 Å². The molecule has 0 spiro atoms. The van der Waals surface area contributed by atoms with Gasteiger partial charge in [-0.15, -0.1) is 0 Å². The maximum absolute atomic E-state index is 13.4. The standard InChI is InChI=1S/C13H17FN4O3/c14-8-4-9(18(6-8)7-11(15)20)5-17-13(21)12-10(19)2-1-3-16-12/h1-3,8-9,19H,4-7H2,(H2,15,20)(H,17,21)/t8-,9-/m0/s1. The summed E-state index contributed by atoms with van der Waals surface area (Å²) in [5.41, 5.74) is 5.02. The highest BCUT2D eigenvalue weighted by molar-refractivity contribution is 5.94. The Labute approximate surface area is 120 Å². The number of aromatic hydroxyl groups is 1. The Bertz CT molecular complexity index is 540. The third kappa shape index (κ3) is 3.88. The largest absolute Gasteiger partial charge is 0.505 e. The van der Waals surface area contributed by atoms with Gasteiger partial charge in [0.2, 0.25) is 5.91 Å². The van der Waals surface area contributed by atoms with Crippen molar-refractivity contribution in [3.05, 3.63) is 24.0 Å². The van der Waals surface area contributed by atoms with Crippen LogP contribution in [0.15, 0.2) is 18.3 Å². The van der Waals surface area contributed by atoms with Crippen LogP contribution in [-0.4, -0.2) is 58.7 Å². The highest BCUT2D eigenvalue weighted by atomic mass is 19.1. The van der Waals surface area contributed by atoms with Gasteiger partial charge in [0.15, 0.2) is 5.69 Å². The first-order chi connectivity index (χ1) is 9.97. The first-order valence-electron chi connectivity index (χ1n) is 6.56. The molecule has 1 aromatic heterocycles. The van der Waals surface area contributed by atoms with E-state index in [9.17, 15) is 19.1 Å². The number of alkyl halides is 1. The average molecular weight is 296 g/mol. The minimum atomic E-state index is -1.05. The van der Waals surface area contributed by atoms with Gasteiger partial charge < -0.3 is 16.2 Å². The molecule has 2 rings (SSSR count). The molecule has 0 aromatic carbocycles. The molecule has 21 heavy (non-hydrogen) atoms. The summed E-state index contributed by atoms with van der Waals surface area (Å²) in [4.78, 5) is 28.2. The maximum atomic E-state index is 13.4. The first-order valence-corrected chi connectivity index (χ1v) is 6.56. The fourth-order valence-corrected chi connectivity index (χ4v) is 2.39. The predicted molar refractivity (Wildman–Crippen MR) is 72.3 cm³/mol. The Morgan fingerprint density at radius 1 is 1.57 bits per heavy atom. The molecule has 114 valence electrons. The van der Waals surface area contributed by atoms with Crippen LogP contribution in [0.1, 0.15) is 16.9 Å². The summed E-state index contributed by atoms with van der Waals surface area (Å²) in [5.74, 6) is -1.31. The zero-order valence-electron chi connectivity index (χ0n) is 11.3. The molecule has 2 amide bonds. The van der Waals surface area contributed by atoms with E-state index in [2.05, 4.69) is 10.3 Å². The number of amides is 2. The van der Waals surface area contributed by atoms with Crippen molar-refractivity contribution in [1.82, 2.24) is 15.2 Å². The molecule has 0 aliphatic carbocycles. The molecule has 1 saturated heterocycles. The van der Waals surface area contributed by atoms with E-state index in [-0.39, 0.29) is 43.5 Å². The number of likely N-dealkylation sites (tertiary alicyclic amines) is 1. The number of primary amides is 1. The third-order valence-corrected chi connectivity index (χ3v) is 3.34. The van der Waals surface area contributed by atoms with Crippen molar-refractivity contribution in [2.75, 3.05) is 19.6 Å². The van der Waals surface area contributed by atoms with E-state index in [0.717, 1.165) is 0 Å². The van der Waals surface area contributed by atoms with E-state index in [1.165, 1.54) is 18.3 Å². The van der Waals surface area contributed by atoms with Crippen LogP contribution in [0.5, 0.6) is 5.75 Å². The number of nitrogens with one attached hydrogen (secondary N) is 1. The van der Waals surface area contributed by atoms with Gasteiger partial charge in [0.05, 0.1) is 6.54 Å². The minimum absolute atomic E-state index is 0.0458. The van der Waals surface area contributed by atoms with Crippen molar-refractivity contribution >= 4 is 11.8 Å². The van der Waals surface area contributed by atoms with E-state index < -0.39 is 18.0 Å². The van der Waals surface area contributed by atoms with Crippen LogP contribution in [0.25, 0.3) is 0 Å². The van der Waals surface area contributed by atoms with Crippen LogP contribution >= 0.6 is 0 Å². The van der Waals surface area contributed by atoms with Crippen molar-refractivity contribution < 1.29 is 19.1 Å². The molecule has 1 aliphatic rings. The summed E-state index contributed by atoms with van der Waals surface area (Å²) in [6.45, 7) is 0.233.